The molecular formula is C12H26N2O. The Morgan fingerprint density at radius 1 is 1.53 bits per heavy atom. The van der Waals surface area contributed by atoms with Crippen LogP contribution in [0.3, 0.4) is 0 Å². The zero-order valence-corrected chi connectivity index (χ0v) is 10.5. The van der Waals surface area contributed by atoms with Crippen molar-refractivity contribution in [1.82, 2.24) is 4.90 Å². The van der Waals surface area contributed by atoms with Crippen molar-refractivity contribution in [2.45, 2.75) is 51.2 Å². The molecular weight excluding hydrogens is 188 g/mol. The third kappa shape index (κ3) is 3.74. The standard InChI is InChI=1S/C12H26N2O/c1-11(6-4-8-13)14-9-5-7-12(2,10-14)15-3/h11H,4-10,13H2,1-3H3. The highest BCUT2D eigenvalue weighted by molar-refractivity contribution is 4.86. The van der Waals surface area contributed by atoms with Gasteiger partial charge in [0.2, 0.25) is 0 Å². The number of ether oxygens (including phenoxy) is 1. The van der Waals surface area contributed by atoms with Gasteiger partial charge in [-0.25, -0.2) is 0 Å². The number of likely N-dealkylation sites (tertiary alicyclic amines) is 1. The molecule has 2 atom stereocenters. The smallest absolute Gasteiger partial charge is 0.0777 e. The average molecular weight is 214 g/mol. The molecule has 0 aromatic rings. The lowest BCUT2D eigenvalue weighted by atomic mass is 9.93. The van der Waals surface area contributed by atoms with Crippen molar-refractivity contribution in [3.8, 4) is 0 Å². The molecule has 0 amide bonds. The van der Waals surface area contributed by atoms with E-state index in [1.807, 2.05) is 7.11 Å². The van der Waals surface area contributed by atoms with Crippen LogP contribution in [0.2, 0.25) is 0 Å². The average Bonchev–Trinajstić information content (AvgIpc) is 2.26. The predicted molar refractivity (Wildman–Crippen MR) is 64.0 cm³/mol. The number of methoxy groups -OCH3 is 1. The molecule has 1 fully saturated rings. The minimum absolute atomic E-state index is 0.0647. The zero-order valence-electron chi connectivity index (χ0n) is 10.5. The SMILES string of the molecule is COC1(C)CCCN(C(C)CCCN)C1. The van der Waals surface area contributed by atoms with E-state index in [4.69, 9.17) is 10.5 Å². The van der Waals surface area contributed by atoms with Gasteiger partial charge in [-0.15, -0.1) is 0 Å². The van der Waals surface area contributed by atoms with E-state index in [9.17, 15) is 0 Å². The van der Waals surface area contributed by atoms with Crippen molar-refractivity contribution < 1.29 is 4.74 Å². The maximum absolute atomic E-state index is 5.60. The third-order valence-corrected chi connectivity index (χ3v) is 3.63. The summed E-state index contributed by atoms with van der Waals surface area (Å²) in [5.41, 5.74) is 5.61. The molecule has 0 radical (unpaired) electrons. The second-order valence-electron chi connectivity index (χ2n) is 5.01. The summed E-state index contributed by atoms with van der Waals surface area (Å²) in [5.74, 6) is 0. The number of piperidine rings is 1. The van der Waals surface area contributed by atoms with Gasteiger partial charge in [0.1, 0.15) is 0 Å². The quantitative estimate of drug-likeness (QED) is 0.755. The van der Waals surface area contributed by atoms with Crippen LogP contribution in [0.5, 0.6) is 0 Å². The first-order valence-electron chi connectivity index (χ1n) is 6.10. The van der Waals surface area contributed by atoms with Crippen molar-refractivity contribution in [3.05, 3.63) is 0 Å². The van der Waals surface area contributed by atoms with Gasteiger partial charge in [-0.3, -0.25) is 4.90 Å². The monoisotopic (exact) mass is 214 g/mol. The highest BCUT2D eigenvalue weighted by Gasteiger charge is 2.32. The van der Waals surface area contributed by atoms with E-state index in [1.54, 1.807) is 0 Å². The van der Waals surface area contributed by atoms with Gasteiger partial charge in [-0.1, -0.05) is 0 Å². The van der Waals surface area contributed by atoms with Crippen LogP contribution in [0.1, 0.15) is 39.5 Å². The molecule has 15 heavy (non-hydrogen) atoms. The molecule has 0 spiro atoms. The molecule has 0 aromatic heterocycles. The minimum Gasteiger partial charge on any atom is -0.377 e. The fourth-order valence-electron chi connectivity index (χ4n) is 2.38. The van der Waals surface area contributed by atoms with E-state index >= 15 is 0 Å². The Morgan fingerprint density at radius 3 is 2.87 bits per heavy atom. The van der Waals surface area contributed by atoms with Crippen molar-refractivity contribution >= 4 is 0 Å². The molecule has 2 unspecified atom stereocenters. The Bertz CT molecular complexity index is 186. The lowest BCUT2D eigenvalue weighted by Crippen LogP contribution is -2.50. The summed E-state index contributed by atoms with van der Waals surface area (Å²) in [4.78, 5) is 2.54. The van der Waals surface area contributed by atoms with Gasteiger partial charge in [0, 0.05) is 19.7 Å². The molecule has 1 heterocycles. The first-order chi connectivity index (χ1) is 7.11. The van der Waals surface area contributed by atoms with Crippen LogP contribution in [-0.4, -0.2) is 43.3 Å². The maximum Gasteiger partial charge on any atom is 0.0777 e. The number of hydrogen-bond acceptors (Lipinski definition) is 3. The molecule has 1 rings (SSSR count). The van der Waals surface area contributed by atoms with Gasteiger partial charge < -0.3 is 10.5 Å². The molecule has 0 saturated carbocycles. The number of rotatable bonds is 5. The first-order valence-corrected chi connectivity index (χ1v) is 6.10. The molecule has 90 valence electrons. The van der Waals surface area contributed by atoms with E-state index in [1.165, 1.54) is 25.8 Å². The molecule has 1 aliphatic rings. The summed E-state index contributed by atoms with van der Waals surface area (Å²) in [6.07, 6.45) is 4.76. The molecule has 1 saturated heterocycles. The molecule has 3 heteroatoms. The van der Waals surface area contributed by atoms with Crippen LogP contribution in [0, 0.1) is 0 Å². The summed E-state index contributed by atoms with van der Waals surface area (Å²) in [6, 6.07) is 0.642. The number of nitrogens with two attached hydrogens (primary N) is 1. The van der Waals surface area contributed by atoms with Gasteiger partial charge >= 0.3 is 0 Å². The van der Waals surface area contributed by atoms with Gasteiger partial charge in [0.25, 0.3) is 0 Å². The highest BCUT2D eigenvalue weighted by atomic mass is 16.5. The van der Waals surface area contributed by atoms with Crippen LogP contribution in [-0.2, 0) is 4.74 Å². The lowest BCUT2D eigenvalue weighted by molar-refractivity contribution is -0.0602. The van der Waals surface area contributed by atoms with E-state index in [2.05, 4.69) is 18.7 Å². The summed E-state index contributed by atoms with van der Waals surface area (Å²) in [5, 5.41) is 0. The molecule has 3 nitrogen and oxygen atoms in total. The van der Waals surface area contributed by atoms with Crippen LogP contribution >= 0.6 is 0 Å². The Morgan fingerprint density at radius 2 is 2.27 bits per heavy atom. The number of nitrogens with zero attached hydrogens (tertiary/aromatic N) is 1. The van der Waals surface area contributed by atoms with E-state index < -0.39 is 0 Å². The fraction of sp³-hybridized carbons (Fsp3) is 1.00. The summed E-state index contributed by atoms with van der Waals surface area (Å²) >= 11 is 0. The summed E-state index contributed by atoms with van der Waals surface area (Å²) in [6.45, 7) is 7.60. The normalized spacial score (nSPS) is 30.4. The van der Waals surface area contributed by atoms with Crippen molar-refractivity contribution in [1.29, 1.82) is 0 Å². The Balaban J connectivity index is 2.41. The lowest BCUT2D eigenvalue weighted by Gasteiger charge is -2.42. The minimum atomic E-state index is 0.0647. The van der Waals surface area contributed by atoms with Crippen LogP contribution in [0.4, 0.5) is 0 Å². The zero-order chi connectivity index (χ0) is 11.3. The van der Waals surface area contributed by atoms with Crippen LogP contribution in [0.25, 0.3) is 0 Å². The van der Waals surface area contributed by atoms with Crippen molar-refractivity contribution in [3.63, 3.8) is 0 Å². The molecule has 0 aromatic carbocycles. The molecule has 2 N–H and O–H groups in total. The van der Waals surface area contributed by atoms with Crippen LogP contribution in [0.15, 0.2) is 0 Å². The van der Waals surface area contributed by atoms with Gasteiger partial charge in [-0.05, 0) is 52.6 Å². The Kier molecular flexibility index (Phi) is 5.03. The molecule has 1 aliphatic heterocycles. The second-order valence-corrected chi connectivity index (χ2v) is 5.01. The van der Waals surface area contributed by atoms with Crippen molar-refractivity contribution in [2.24, 2.45) is 5.73 Å². The number of hydrogen-bond donors (Lipinski definition) is 1. The maximum atomic E-state index is 5.60. The highest BCUT2D eigenvalue weighted by Crippen LogP contribution is 2.25. The van der Waals surface area contributed by atoms with Crippen LogP contribution < -0.4 is 5.73 Å². The van der Waals surface area contributed by atoms with Gasteiger partial charge in [0.15, 0.2) is 0 Å². The molecule has 0 bridgehead atoms. The largest absolute Gasteiger partial charge is 0.377 e. The first kappa shape index (κ1) is 12.9. The summed E-state index contributed by atoms with van der Waals surface area (Å²) in [7, 11) is 1.83. The second kappa shape index (κ2) is 5.83. The Labute approximate surface area is 94.0 Å². The van der Waals surface area contributed by atoms with Gasteiger partial charge in [0.05, 0.1) is 5.60 Å². The van der Waals surface area contributed by atoms with Gasteiger partial charge in [-0.2, -0.15) is 0 Å². The van der Waals surface area contributed by atoms with Crippen molar-refractivity contribution in [2.75, 3.05) is 26.7 Å². The summed E-state index contributed by atoms with van der Waals surface area (Å²) < 4.78 is 5.60. The van der Waals surface area contributed by atoms with E-state index in [-0.39, 0.29) is 5.60 Å². The predicted octanol–water partition coefficient (Wildman–Crippen LogP) is 1.61. The third-order valence-electron chi connectivity index (χ3n) is 3.63. The molecule has 0 aliphatic carbocycles. The topological polar surface area (TPSA) is 38.5 Å². The fourth-order valence-corrected chi connectivity index (χ4v) is 2.38. The van der Waals surface area contributed by atoms with E-state index in [0.717, 1.165) is 19.5 Å². The van der Waals surface area contributed by atoms with E-state index in [0.29, 0.717) is 6.04 Å². The Hall–Kier alpha value is -0.120.